The minimum absolute atomic E-state index is 0.0206. The number of methoxy groups -OCH3 is 1. The molecule has 2 aliphatic rings. The van der Waals surface area contributed by atoms with Gasteiger partial charge >= 0.3 is 0 Å². The average molecular weight is 393 g/mol. The van der Waals surface area contributed by atoms with E-state index in [9.17, 15) is 9.59 Å². The number of rotatable bonds is 4. The van der Waals surface area contributed by atoms with Gasteiger partial charge in [0.15, 0.2) is 0 Å². The third kappa shape index (κ3) is 3.98. The van der Waals surface area contributed by atoms with Crippen molar-refractivity contribution in [1.29, 1.82) is 0 Å². The Morgan fingerprint density at radius 2 is 1.93 bits per heavy atom. The van der Waals surface area contributed by atoms with Gasteiger partial charge in [-0.1, -0.05) is 36.4 Å². The van der Waals surface area contributed by atoms with Crippen LogP contribution in [0.25, 0.3) is 0 Å². The fourth-order valence-corrected chi connectivity index (χ4v) is 4.31. The Balaban J connectivity index is 1.60. The maximum atomic E-state index is 13.4. The van der Waals surface area contributed by atoms with E-state index in [1.165, 1.54) is 0 Å². The number of piperazine rings is 1. The number of carbonyl (C=O) groups excluding carboxylic acids is 2. The molecule has 1 fully saturated rings. The molecule has 1 saturated heterocycles. The highest BCUT2D eigenvalue weighted by molar-refractivity contribution is 6.00. The molecule has 1 unspecified atom stereocenters. The number of para-hydroxylation sites is 2. The van der Waals surface area contributed by atoms with Gasteiger partial charge in [0.05, 0.1) is 13.2 Å². The Kier molecular flexibility index (Phi) is 5.81. The van der Waals surface area contributed by atoms with Gasteiger partial charge in [-0.2, -0.15) is 0 Å². The maximum Gasteiger partial charge on any atom is 0.243 e. The quantitative estimate of drug-likeness (QED) is 0.867. The normalized spacial score (nSPS) is 19.5. The SMILES string of the molecule is COc1ccccc1C1CNCCN1C(=O)CN1C(=O)CCCc2ccccc21. The van der Waals surface area contributed by atoms with Crippen LogP contribution in [0, 0.1) is 0 Å². The van der Waals surface area contributed by atoms with E-state index >= 15 is 0 Å². The summed E-state index contributed by atoms with van der Waals surface area (Å²) in [6.07, 6.45) is 2.15. The molecule has 0 aliphatic carbocycles. The Hall–Kier alpha value is -2.86. The van der Waals surface area contributed by atoms with Crippen LogP contribution in [0.3, 0.4) is 0 Å². The zero-order chi connectivity index (χ0) is 20.2. The van der Waals surface area contributed by atoms with Gasteiger partial charge in [-0.25, -0.2) is 0 Å². The molecule has 0 aromatic heterocycles. The first-order valence-electron chi connectivity index (χ1n) is 10.2. The molecule has 2 aromatic carbocycles. The van der Waals surface area contributed by atoms with Crippen LogP contribution in [0.1, 0.15) is 30.0 Å². The lowest BCUT2D eigenvalue weighted by molar-refractivity contribution is -0.134. The molecule has 152 valence electrons. The van der Waals surface area contributed by atoms with Gasteiger partial charge in [-0.3, -0.25) is 9.59 Å². The largest absolute Gasteiger partial charge is 0.496 e. The van der Waals surface area contributed by atoms with Gasteiger partial charge in [0.25, 0.3) is 0 Å². The van der Waals surface area contributed by atoms with E-state index in [-0.39, 0.29) is 24.4 Å². The first kappa shape index (κ1) is 19.5. The molecule has 0 bridgehead atoms. The predicted octanol–water partition coefficient (Wildman–Crippen LogP) is 2.54. The monoisotopic (exact) mass is 393 g/mol. The van der Waals surface area contributed by atoms with Gasteiger partial charge in [0.2, 0.25) is 11.8 Å². The first-order chi connectivity index (χ1) is 14.2. The second-order valence-corrected chi connectivity index (χ2v) is 7.51. The average Bonchev–Trinajstić information content (AvgIpc) is 2.92. The number of nitrogens with zero attached hydrogens (tertiary/aromatic N) is 2. The van der Waals surface area contributed by atoms with Crippen molar-refractivity contribution < 1.29 is 14.3 Å². The molecule has 2 aliphatic heterocycles. The molecule has 1 atom stereocenters. The maximum absolute atomic E-state index is 13.4. The van der Waals surface area contributed by atoms with E-state index in [0.29, 0.717) is 19.5 Å². The summed E-state index contributed by atoms with van der Waals surface area (Å²) in [5.74, 6) is 0.759. The zero-order valence-electron chi connectivity index (χ0n) is 16.8. The lowest BCUT2D eigenvalue weighted by Crippen LogP contribution is -2.52. The van der Waals surface area contributed by atoms with E-state index in [1.54, 1.807) is 12.0 Å². The Labute approximate surface area is 171 Å². The van der Waals surface area contributed by atoms with Crippen LogP contribution in [-0.4, -0.2) is 50.0 Å². The van der Waals surface area contributed by atoms with Crippen LogP contribution < -0.4 is 15.0 Å². The Morgan fingerprint density at radius 3 is 2.79 bits per heavy atom. The second-order valence-electron chi connectivity index (χ2n) is 7.51. The van der Waals surface area contributed by atoms with Gasteiger partial charge < -0.3 is 19.9 Å². The second kappa shape index (κ2) is 8.66. The predicted molar refractivity (Wildman–Crippen MR) is 112 cm³/mol. The number of benzene rings is 2. The molecule has 6 heteroatoms. The van der Waals surface area contributed by atoms with E-state index in [2.05, 4.69) is 5.32 Å². The van der Waals surface area contributed by atoms with Crippen molar-refractivity contribution >= 4 is 17.5 Å². The molecular weight excluding hydrogens is 366 g/mol. The number of amides is 2. The number of aryl methyl sites for hydroxylation is 1. The smallest absolute Gasteiger partial charge is 0.243 e. The summed E-state index contributed by atoms with van der Waals surface area (Å²) in [5, 5.41) is 3.38. The topological polar surface area (TPSA) is 61.9 Å². The van der Waals surface area contributed by atoms with Crippen molar-refractivity contribution in [1.82, 2.24) is 10.2 Å². The number of anilines is 1. The summed E-state index contributed by atoms with van der Waals surface area (Å²) >= 11 is 0. The number of fused-ring (bicyclic) bond motifs is 1. The van der Waals surface area contributed by atoms with Crippen LogP contribution in [0.5, 0.6) is 5.75 Å². The highest BCUT2D eigenvalue weighted by Crippen LogP contribution is 2.31. The molecule has 0 spiro atoms. The lowest BCUT2D eigenvalue weighted by Gasteiger charge is -2.38. The fourth-order valence-electron chi connectivity index (χ4n) is 4.31. The highest BCUT2D eigenvalue weighted by Gasteiger charge is 2.32. The molecule has 6 nitrogen and oxygen atoms in total. The molecule has 2 amide bonds. The fraction of sp³-hybridized carbons (Fsp3) is 0.391. The van der Waals surface area contributed by atoms with Crippen molar-refractivity contribution in [2.45, 2.75) is 25.3 Å². The van der Waals surface area contributed by atoms with Crippen LogP contribution in [0.15, 0.2) is 48.5 Å². The Bertz CT molecular complexity index is 898. The van der Waals surface area contributed by atoms with Gasteiger partial charge in [0.1, 0.15) is 12.3 Å². The number of ether oxygens (including phenoxy) is 1. The third-order valence-corrected chi connectivity index (χ3v) is 5.78. The number of hydrogen-bond acceptors (Lipinski definition) is 4. The molecule has 2 aromatic rings. The number of carbonyl (C=O) groups is 2. The highest BCUT2D eigenvalue weighted by atomic mass is 16.5. The van der Waals surface area contributed by atoms with Crippen LogP contribution >= 0.6 is 0 Å². The van der Waals surface area contributed by atoms with Gasteiger partial charge in [-0.05, 0) is 30.5 Å². The van der Waals surface area contributed by atoms with E-state index in [4.69, 9.17) is 4.74 Å². The summed E-state index contributed by atoms with van der Waals surface area (Å²) in [6.45, 7) is 2.07. The molecule has 0 radical (unpaired) electrons. The summed E-state index contributed by atoms with van der Waals surface area (Å²) in [5.41, 5.74) is 2.98. The molecule has 29 heavy (non-hydrogen) atoms. The van der Waals surface area contributed by atoms with Crippen LogP contribution in [-0.2, 0) is 16.0 Å². The summed E-state index contributed by atoms with van der Waals surface area (Å²) < 4.78 is 5.53. The third-order valence-electron chi connectivity index (χ3n) is 5.78. The zero-order valence-corrected chi connectivity index (χ0v) is 16.8. The standard InChI is InChI=1S/C23H27N3O3/c1-29-21-11-5-3-9-18(21)20-15-24-13-14-25(20)23(28)16-26-19-10-4-2-7-17(19)8-6-12-22(26)27/h2-5,7,9-11,20,24H,6,8,12-16H2,1H3. The van der Waals surface area contributed by atoms with E-state index < -0.39 is 0 Å². The van der Waals surface area contributed by atoms with E-state index in [0.717, 1.165) is 42.0 Å². The molecule has 0 saturated carbocycles. The first-order valence-corrected chi connectivity index (χ1v) is 10.2. The number of hydrogen-bond donors (Lipinski definition) is 1. The van der Waals surface area contributed by atoms with E-state index in [1.807, 2.05) is 53.4 Å². The summed E-state index contributed by atoms with van der Waals surface area (Å²) in [7, 11) is 1.65. The minimum atomic E-state index is -0.121. The van der Waals surface area contributed by atoms with Crippen molar-refractivity contribution in [3.05, 3.63) is 59.7 Å². The summed E-state index contributed by atoms with van der Waals surface area (Å²) in [6, 6.07) is 15.6. The van der Waals surface area contributed by atoms with Crippen LogP contribution in [0.2, 0.25) is 0 Å². The van der Waals surface area contributed by atoms with Crippen molar-refractivity contribution in [2.75, 3.05) is 38.2 Å². The molecule has 1 N–H and O–H groups in total. The Morgan fingerprint density at radius 1 is 1.14 bits per heavy atom. The number of nitrogens with one attached hydrogen (secondary N) is 1. The van der Waals surface area contributed by atoms with Crippen molar-refractivity contribution in [3.63, 3.8) is 0 Å². The van der Waals surface area contributed by atoms with Gasteiger partial charge in [-0.15, -0.1) is 0 Å². The molecular formula is C23H27N3O3. The molecule has 4 rings (SSSR count). The van der Waals surface area contributed by atoms with Crippen molar-refractivity contribution in [3.8, 4) is 5.75 Å². The lowest BCUT2D eigenvalue weighted by atomic mass is 10.0. The van der Waals surface area contributed by atoms with Crippen LogP contribution in [0.4, 0.5) is 5.69 Å². The minimum Gasteiger partial charge on any atom is -0.496 e. The molecule has 2 heterocycles. The van der Waals surface area contributed by atoms with Gasteiger partial charge in [0, 0.05) is 37.3 Å². The van der Waals surface area contributed by atoms with Crippen molar-refractivity contribution in [2.24, 2.45) is 0 Å². The summed E-state index contributed by atoms with van der Waals surface area (Å²) in [4.78, 5) is 29.7.